The van der Waals surface area contributed by atoms with Crippen molar-refractivity contribution in [3.8, 4) is 0 Å². The van der Waals surface area contributed by atoms with E-state index in [9.17, 15) is 0 Å². The highest BCUT2D eigenvalue weighted by molar-refractivity contribution is 5.11. The van der Waals surface area contributed by atoms with E-state index in [1.807, 2.05) is 10.9 Å². The third-order valence-corrected chi connectivity index (χ3v) is 4.08. The molecule has 0 aliphatic carbocycles. The Morgan fingerprint density at radius 1 is 1.32 bits per heavy atom. The summed E-state index contributed by atoms with van der Waals surface area (Å²) in [4.78, 5) is 2.37. The Balaban J connectivity index is 1.60. The molecule has 1 saturated heterocycles. The van der Waals surface area contributed by atoms with Crippen LogP contribution in [0.3, 0.4) is 0 Å². The zero-order valence-electron chi connectivity index (χ0n) is 13.0. The van der Waals surface area contributed by atoms with Gasteiger partial charge in [-0.25, -0.2) is 0 Å². The molecule has 120 valence electrons. The van der Waals surface area contributed by atoms with Gasteiger partial charge >= 0.3 is 0 Å². The molecule has 3 heterocycles. The molecule has 0 aromatic carbocycles. The first-order chi connectivity index (χ1) is 10.8. The maximum Gasteiger partial charge on any atom is 0.0894 e. The number of hydrogen-bond acceptors (Lipinski definition) is 6. The number of methoxy groups -OCH3 is 2. The van der Waals surface area contributed by atoms with Crippen LogP contribution in [0, 0.1) is 0 Å². The standard InChI is InChI=1S/C14H22N6O2/c1-21-4-3-20-8-11(5-16-20)7-19-9-12(14(10-19)22-2)13-6-15-18-17-13/h5-6,8,12,14H,3-4,7,9-10H2,1-2H3,(H,15,17,18)/t12-,14+/m0/s1. The van der Waals surface area contributed by atoms with Crippen LogP contribution in [-0.4, -0.2) is 70.1 Å². The fraction of sp³-hybridized carbons (Fsp3) is 0.643. The van der Waals surface area contributed by atoms with Crippen LogP contribution in [0.5, 0.6) is 0 Å². The van der Waals surface area contributed by atoms with Crippen molar-refractivity contribution in [1.29, 1.82) is 0 Å². The molecular formula is C14H22N6O2. The maximum absolute atomic E-state index is 5.61. The third-order valence-electron chi connectivity index (χ3n) is 4.08. The lowest BCUT2D eigenvalue weighted by atomic mass is 10.0. The Morgan fingerprint density at radius 2 is 2.23 bits per heavy atom. The van der Waals surface area contributed by atoms with Gasteiger partial charge in [-0.3, -0.25) is 9.58 Å². The molecule has 8 heteroatoms. The van der Waals surface area contributed by atoms with Gasteiger partial charge in [0.2, 0.25) is 0 Å². The molecule has 8 nitrogen and oxygen atoms in total. The molecule has 0 unspecified atom stereocenters. The molecule has 1 fully saturated rings. The Hall–Kier alpha value is -1.77. The summed E-state index contributed by atoms with van der Waals surface area (Å²) in [5, 5.41) is 15.1. The number of hydrogen-bond donors (Lipinski definition) is 1. The first-order valence-corrected chi connectivity index (χ1v) is 7.41. The van der Waals surface area contributed by atoms with Crippen LogP contribution in [0.2, 0.25) is 0 Å². The summed E-state index contributed by atoms with van der Waals surface area (Å²) in [6, 6.07) is 0. The van der Waals surface area contributed by atoms with E-state index in [1.165, 1.54) is 5.56 Å². The van der Waals surface area contributed by atoms with Gasteiger partial charge in [0.25, 0.3) is 0 Å². The highest BCUT2D eigenvalue weighted by Gasteiger charge is 2.35. The summed E-state index contributed by atoms with van der Waals surface area (Å²) in [7, 11) is 3.45. The van der Waals surface area contributed by atoms with Crippen molar-refractivity contribution in [2.45, 2.75) is 25.1 Å². The average Bonchev–Trinajstić information content (AvgIpc) is 3.25. The summed E-state index contributed by atoms with van der Waals surface area (Å²) >= 11 is 0. The van der Waals surface area contributed by atoms with Crippen molar-refractivity contribution in [3.63, 3.8) is 0 Å². The molecule has 2 atom stereocenters. The van der Waals surface area contributed by atoms with E-state index in [-0.39, 0.29) is 12.0 Å². The van der Waals surface area contributed by atoms with Crippen molar-refractivity contribution in [2.75, 3.05) is 33.9 Å². The highest BCUT2D eigenvalue weighted by Crippen LogP contribution is 2.28. The Bertz CT molecular complexity index is 570. The number of rotatable bonds is 7. The monoisotopic (exact) mass is 306 g/mol. The molecule has 1 aliphatic heterocycles. The highest BCUT2D eigenvalue weighted by atomic mass is 16.5. The normalized spacial score (nSPS) is 22.5. The Kier molecular flexibility index (Phi) is 4.81. The number of aromatic amines is 1. The minimum atomic E-state index is 0.147. The summed E-state index contributed by atoms with van der Waals surface area (Å²) in [5.74, 6) is 0.257. The summed E-state index contributed by atoms with van der Waals surface area (Å²) in [6.07, 6.45) is 5.92. The second kappa shape index (κ2) is 6.99. The van der Waals surface area contributed by atoms with Crippen LogP contribution in [0.4, 0.5) is 0 Å². The van der Waals surface area contributed by atoms with Gasteiger partial charge in [0.1, 0.15) is 0 Å². The average molecular weight is 306 g/mol. The molecule has 3 rings (SSSR count). The summed E-state index contributed by atoms with van der Waals surface area (Å²) in [6.45, 7) is 4.11. The molecular weight excluding hydrogens is 284 g/mol. The van der Waals surface area contributed by atoms with E-state index in [2.05, 4.69) is 31.6 Å². The first-order valence-electron chi connectivity index (χ1n) is 7.41. The van der Waals surface area contributed by atoms with Gasteiger partial charge in [0.15, 0.2) is 0 Å². The molecule has 1 N–H and O–H groups in total. The van der Waals surface area contributed by atoms with Crippen LogP contribution < -0.4 is 0 Å². The van der Waals surface area contributed by atoms with E-state index < -0.39 is 0 Å². The number of ether oxygens (including phenoxy) is 2. The molecule has 0 spiro atoms. The Morgan fingerprint density at radius 3 is 2.95 bits per heavy atom. The van der Waals surface area contributed by atoms with Crippen molar-refractivity contribution < 1.29 is 9.47 Å². The molecule has 1 aliphatic rings. The SMILES string of the molecule is COCCn1cc(CN2C[C@@H](OC)[C@H](c3cn[nH]n3)C2)cn1. The van der Waals surface area contributed by atoms with Gasteiger partial charge in [-0.2, -0.15) is 20.5 Å². The molecule has 0 amide bonds. The number of H-pyrrole nitrogens is 1. The number of aromatic nitrogens is 5. The lowest BCUT2D eigenvalue weighted by molar-refractivity contribution is 0.0957. The molecule has 2 aromatic heterocycles. The number of likely N-dealkylation sites (tertiary alicyclic amines) is 1. The zero-order valence-corrected chi connectivity index (χ0v) is 13.0. The van der Waals surface area contributed by atoms with Crippen LogP contribution in [0.15, 0.2) is 18.6 Å². The summed E-state index contributed by atoms with van der Waals surface area (Å²) in [5.41, 5.74) is 2.16. The van der Waals surface area contributed by atoms with Gasteiger partial charge in [0, 0.05) is 51.5 Å². The summed E-state index contributed by atoms with van der Waals surface area (Å²) < 4.78 is 12.6. The largest absolute Gasteiger partial charge is 0.383 e. The van der Waals surface area contributed by atoms with Gasteiger partial charge in [-0.15, -0.1) is 0 Å². The Labute approximate surface area is 129 Å². The van der Waals surface area contributed by atoms with Crippen LogP contribution in [-0.2, 0) is 22.6 Å². The van der Waals surface area contributed by atoms with E-state index >= 15 is 0 Å². The lowest BCUT2D eigenvalue weighted by Gasteiger charge is -2.13. The minimum absolute atomic E-state index is 0.147. The van der Waals surface area contributed by atoms with Crippen LogP contribution in [0.1, 0.15) is 17.2 Å². The predicted molar refractivity (Wildman–Crippen MR) is 79.3 cm³/mol. The number of nitrogens with one attached hydrogen (secondary N) is 1. The second-order valence-electron chi connectivity index (χ2n) is 5.57. The lowest BCUT2D eigenvalue weighted by Crippen LogP contribution is -2.22. The van der Waals surface area contributed by atoms with E-state index in [4.69, 9.17) is 9.47 Å². The first kappa shape index (κ1) is 15.1. The van der Waals surface area contributed by atoms with Gasteiger partial charge in [0.05, 0.1) is 37.3 Å². The second-order valence-corrected chi connectivity index (χ2v) is 5.57. The topological polar surface area (TPSA) is 81.1 Å². The van der Waals surface area contributed by atoms with Crippen molar-refractivity contribution >= 4 is 0 Å². The van der Waals surface area contributed by atoms with E-state index in [0.29, 0.717) is 6.61 Å². The zero-order chi connectivity index (χ0) is 15.4. The quantitative estimate of drug-likeness (QED) is 0.790. The predicted octanol–water partition coefficient (Wildman–Crippen LogP) is 0.262. The maximum atomic E-state index is 5.61. The van der Waals surface area contributed by atoms with Crippen molar-refractivity contribution in [3.05, 3.63) is 29.8 Å². The fourth-order valence-corrected chi connectivity index (χ4v) is 2.95. The minimum Gasteiger partial charge on any atom is -0.383 e. The van der Waals surface area contributed by atoms with Crippen molar-refractivity contribution in [1.82, 2.24) is 30.1 Å². The van der Waals surface area contributed by atoms with Crippen molar-refractivity contribution in [2.24, 2.45) is 0 Å². The molecule has 0 saturated carbocycles. The number of nitrogens with zero attached hydrogens (tertiary/aromatic N) is 5. The van der Waals surface area contributed by atoms with Gasteiger partial charge < -0.3 is 9.47 Å². The fourth-order valence-electron chi connectivity index (χ4n) is 2.95. The van der Waals surface area contributed by atoms with E-state index in [0.717, 1.165) is 31.9 Å². The molecule has 2 aromatic rings. The van der Waals surface area contributed by atoms with Crippen LogP contribution >= 0.6 is 0 Å². The molecule has 22 heavy (non-hydrogen) atoms. The molecule has 0 bridgehead atoms. The van der Waals surface area contributed by atoms with Gasteiger partial charge in [-0.1, -0.05) is 0 Å². The van der Waals surface area contributed by atoms with Gasteiger partial charge in [-0.05, 0) is 0 Å². The third kappa shape index (κ3) is 3.34. The molecule has 0 radical (unpaired) electrons. The van der Waals surface area contributed by atoms with Crippen LogP contribution in [0.25, 0.3) is 0 Å². The van der Waals surface area contributed by atoms with E-state index in [1.54, 1.807) is 20.4 Å². The smallest absolute Gasteiger partial charge is 0.0894 e.